The maximum atomic E-state index is 13.8. The fourth-order valence-electron chi connectivity index (χ4n) is 7.33. The van der Waals surface area contributed by atoms with Crippen molar-refractivity contribution in [2.45, 2.75) is 101 Å². The smallest absolute Gasteiger partial charge is 0.422 e. The fourth-order valence-corrected chi connectivity index (χ4v) is 7.33. The normalized spacial score (nSPS) is 19.7. The number of carbonyl (C=O) groups excluding carboxylic acids is 5. The van der Waals surface area contributed by atoms with Crippen molar-refractivity contribution in [3.63, 3.8) is 0 Å². The third-order valence-electron chi connectivity index (χ3n) is 10.0. The summed E-state index contributed by atoms with van der Waals surface area (Å²) in [6.07, 6.45) is -2.81. The van der Waals surface area contributed by atoms with Gasteiger partial charge in [0.25, 0.3) is 5.91 Å². The number of ether oxygens (including phenoxy) is 5. The molecule has 3 aromatic rings. The van der Waals surface area contributed by atoms with E-state index in [9.17, 15) is 42.3 Å². The van der Waals surface area contributed by atoms with Crippen LogP contribution in [0, 0.1) is 0 Å². The zero-order valence-electron chi connectivity index (χ0n) is 33.8. The number of amides is 2. The average Bonchev–Trinajstić information content (AvgIpc) is 3.76. The fraction of sp³-hybridized carbons (Fsp3) is 0.400. The van der Waals surface area contributed by atoms with E-state index in [-0.39, 0.29) is 48.1 Å². The van der Waals surface area contributed by atoms with Gasteiger partial charge in [-0.3, -0.25) is 14.4 Å². The van der Waals surface area contributed by atoms with Gasteiger partial charge in [0.05, 0.1) is 18.2 Å². The topological polar surface area (TPSA) is 176 Å². The van der Waals surface area contributed by atoms with Gasteiger partial charge in [-0.05, 0) is 79.8 Å². The standard InChI is InChI=1S/C45H47F3N2O11/c1-43(2,3)60-38(53)18-16-33(25-51)50-41(55)29-13-8-9-27(19-29)24-49-40(54)32-20-35(39-36(21-32)59-44(61-39)22-30-11-4-5-12-31(30)23-44)58-42(56)34-14-7-6-10-28(34)15-17-37(52)57-26-45(46,47)48/h4-15,17,19,21,33,35-36,39,51H,16,18,20,22-26H2,1-3H3,(H,49,54)(H,50,55). The van der Waals surface area contributed by atoms with Crippen LogP contribution >= 0.6 is 0 Å². The van der Waals surface area contributed by atoms with Crippen LogP contribution in [0.4, 0.5) is 13.2 Å². The van der Waals surface area contributed by atoms with Crippen molar-refractivity contribution in [1.82, 2.24) is 10.6 Å². The Morgan fingerprint density at radius 3 is 2.33 bits per heavy atom. The van der Waals surface area contributed by atoms with Crippen LogP contribution in [0.3, 0.4) is 0 Å². The van der Waals surface area contributed by atoms with Crippen molar-refractivity contribution in [3.05, 3.63) is 124 Å². The number of benzene rings is 3. The van der Waals surface area contributed by atoms with E-state index < -0.39 is 84.9 Å². The Labute approximate surface area is 350 Å². The largest absolute Gasteiger partial charge is 0.460 e. The third-order valence-corrected chi connectivity index (χ3v) is 10.0. The number of aliphatic hydroxyl groups is 1. The van der Waals surface area contributed by atoms with Crippen molar-refractivity contribution in [2.75, 3.05) is 13.2 Å². The zero-order chi connectivity index (χ0) is 44.0. The van der Waals surface area contributed by atoms with E-state index in [2.05, 4.69) is 15.4 Å². The highest BCUT2D eigenvalue weighted by molar-refractivity contribution is 5.97. The molecule has 2 amide bonds. The quantitative estimate of drug-likeness (QED) is 0.107. The van der Waals surface area contributed by atoms with E-state index in [1.54, 1.807) is 63.2 Å². The lowest BCUT2D eigenvalue weighted by Gasteiger charge is -2.30. The van der Waals surface area contributed by atoms with E-state index in [1.807, 2.05) is 24.3 Å². The van der Waals surface area contributed by atoms with Gasteiger partial charge in [-0.25, -0.2) is 9.59 Å². The molecule has 4 unspecified atom stereocenters. The van der Waals surface area contributed by atoms with Gasteiger partial charge in [0.2, 0.25) is 5.91 Å². The summed E-state index contributed by atoms with van der Waals surface area (Å²) >= 11 is 0. The van der Waals surface area contributed by atoms with Crippen LogP contribution in [0.2, 0.25) is 0 Å². The summed E-state index contributed by atoms with van der Waals surface area (Å²) in [6, 6.07) is 19.6. The van der Waals surface area contributed by atoms with Crippen molar-refractivity contribution in [3.8, 4) is 0 Å². The summed E-state index contributed by atoms with van der Waals surface area (Å²) in [5.41, 5.74) is 2.68. The minimum atomic E-state index is -4.71. The molecule has 2 aliphatic carbocycles. The van der Waals surface area contributed by atoms with Gasteiger partial charge in [-0.15, -0.1) is 0 Å². The Hall–Kier alpha value is -5.84. The highest BCUT2D eigenvalue weighted by atomic mass is 19.4. The first-order chi connectivity index (χ1) is 28.9. The molecular formula is C45H47F3N2O11. The molecule has 1 spiro atoms. The molecule has 3 aromatic carbocycles. The van der Waals surface area contributed by atoms with E-state index >= 15 is 0 Å². The SMILES string of the molecule is CC(C)(C)OC(=O)CCC(CO)NC(=O)c1cccc(CNC(=O)C2=CC3OC4(Cc5ccccc5C4)OC3C(OC(=O)c3ccccc3C=CC(=O)OCC(F)(F)F)C2)c1. The van der Waals surface area contributed by atoms with Gasteiger partial charge >= 0.3 is 24.1 Å². The molecule has 6 rings (SSSR count). The molecule has 3 aliphatic rings. The summed E-state index contributed by atoms with van der Waals surface area (Å²) < 4.78 is 66.3. The Morgan fingerprint density at radius 2 is 1.64 bits per heavy atom. The van der Waals surface area contributed by atoms with Crippen molar-refractivity contribution in [2.24, 2.45) is 0 Å². The first-order valence-electron chi connectivity index (χ1n) is 19.7. The Morgan fingerprint density at radius 1 is 0.934 bits per heavy atom. The molecule has 0 saturated carbocycles. The molecule has 324 valence electrons. The lowest BCUT2D eigenvalue weighted by atomic mass is 9.91. The third kappa shape index (κ3) is 12.1. The Balaban J connectivity index is 1.14. The lowest BCUT2D eigenvalue weighted by molar-refractivity contribution is -0.182. The van der Waals surface area contributed by atoms with E-state index in [1.165, 1.54) is 12.1 Å². The number of hydrogen-bond donors (Lipinski definition) is 3. The monoisotopic (exact) mass is 848 g/mol. The lowest BCUT2D eigenvalue weighted by Crippen LogP contribution is -2.43. The molecule has 1 fully saturated rings. The number of rotatable bonds is 14. The number of fused-ring (bicyclic) bond motifs is 2. The van der Waals surface area contributed by atoms with E-state index in [4.69, 9.17) is 18.9 Å². The molecule has 1 heterocycles. The van der Waals surface area contributed by atoms with Gasteiger partial charge in [0.1, 0.15) is 23.9 Å². The van der Waals surface area contributed by atoms with Crippen LogP contribution in [-0.2, 0) is 57.5 Å². The van der Waals surface area contributed by atoms with Gasteiger partial charge in [0, 0.05) is 49.4 Å². The molecule has 16 heteroatoms. The van der Waals surface area contributed by atoms with Crippen molar-refractivity contribution >= 4 is 35.8 Å². The predicted molar refractivity (Wildman–Crippen MR) is 212 cm³/mol. The van der Waals surface area contributed by atoms with E-state index in [0.717, 1.165) is 23.3 Å². The van der Waals surface area contributed by atoms with Gasteiger partial charge in [0.15, 0.2) is 12.4 Å². The number of aliphatic hydroxyl groups excluding tert-OH is 1. The zero-order valence-corrected chi connectivity index (χ0v) is 33.8. The number of nitrogens with one attached hydrogen (secondary N) is 2. The van der Waals surface area contributed by atoms with Gasteiger partial charge < -0.3 is 39.4 Å². The summed E-state index contributed by atoms with van der Waals surface area (Å²) in [5, 5.41) is 15.4. The maximum Gasteiger partial charge on any atom is 0.422 e. The number of hydrogen-bond acceptors (Lipinski definition) is 11. The molecule has 1 aliphatic heterocycles. The Bertz CT molecular complexity index is 2170. The second kappa shape index (κ2) is 18.8. The second-order valence-electron chi connectivity index (χ2n) is 16.0. The first-order valence-corrected chi connectivity index (χ1v) is 19.7. The molecule has 1 saturated heterocycles. The summed E-state index contributed by atoms with van der Waals surface area (Å²) in [6.45, 7) is 3.09. The number of alkyl halides is 3. The van der Waals surface area contributed by atoms with Crippen LogP contribution in [0.25, 0.3) is 6.08 Å². The summed E-state index contributed by atoms with van der Waals surface area (Å²) in [7, 11) is 0. The van der Waals surface area contributed by atoms with Gasteiger partial charge in [-0.2, -0.15) is 13.2 Å². The van der Waals surface area contributed by atoms with Crippen molar-refractivity contribution in [1.29, 1.82) is 0 Å². The molecule has 61 heavy (non-hydrogen) atoms. The summed E-state index contributed by atoms with van der Waals surface area (Å²) in [4.78, 5) is 64.8. The minimum Gasteiger partial charge on any atom is -0.460 e. The molecule has 3 N–H and O–H groups in total. The predicted octanol–water partition coefficient (Wildman–Crippen LogP) is 5.47. The van der Waals surface area contributed by atoms with Crippen LogP contribution in [-0.4, -0.2) is 90.0 Å². The minimum absolute atomic E-state index is 0.00125. The van der Waals surface area contributed by atoms with Crippen LogP contribution in [0.1, 0.15) is 83.0 Å². The van der Waals surface area contributed by atoms with Crippen LogP contribution in [0.5, 0.6) is 0 Å². The maximum absolute atomic E-state index is 13.8. The average molecular weight is 849 g/mol. The highest BCUT2D eigenvalue weighted by Crippen LogP contribution is 2.45. The molecule has 0 bridgehead atoms. The Kier molecular flexibility index (Phi) is 13.8. The van der Waals surface area contributed by atoms with E-state index in [0.29, 0.717) is 18.4 Å². The second-order valence-corrected chi connectivity index (χ2v) is 16.0. The summed E-state index contributed by atoms with van der Waals surface area (Å²) in [5.74, 6) is -4.59. The van der Waals surface area contributed by atoms with Gasteiger partial charge in [-0.1, -0.05) is 54.6 Å². The number of carbonyl (C=O) groups is 5. The number of esters is 3. The highest BCUT2D eigenvalue weighted by Gasteiger charge is 2.55. The van der Waals surface area contributed by atoms with Crippen molar-refractivity contribution < 1.29 is 65.9 Å². The molecular weight excluding hydrogens is 801 g/mol. The molecule has 13 nitrogen and oxygen atoms in total. The van der Waals surface area contributed by atoms with Crippen LogP contribution in [0.15, 0.2) is 90.5 Å². The molecule has 0 radical (unpaired) electrons. The molecule has 0 aromatic heterocycles. The number of halogens is 3. The first kappa shape index (κ1) is 44.7. The van der Waals surface area contributed by atoms with Crippen LogP contribution < -0.4 is 10.6 Å². The molecule has 4 atom stereocenters.